The van der Waals surface area contributed by atoms with Crippen molar-refractivity contribution in [1.29, 1.82) is 0 Å². The van der Waals surface area contributed by atoms with Gasteiger partial charge in [-0.1, -0.05) is 42.5 Å². The smallest absolute Gasteiger partial charge is 0.287 e. The highest BCUT2D eigenvalue weighted by molar-refractivity contribution is 5.91. The highest BCUT2D eigenvalue weighted by atomic mass is 19.1. The minimum absolute atomic E-state index is 0.210. The molecule has 166 valence electrons. The van der Waals surface area contributed by atoms with Crippen LogP contribution < -0.4 is 5.32 Å². The lowest BCUT2D eigenvalue weighted by Gasteiger charge is -2.40. The van der Waals surface area contributed by atoms with Crippen LogP contribution in [0.4, 0.5) is 4.39 Å². The van der Waals surface area contributed by atoms with Gasteiger partial charge in [-0.2, -0.15) is 0 Å². The summed E-state index contributed by atoms with van der Waals surface area (Å²) in [5.74, 6) is 0.562. The number of rotatable bonds is 7. The van der Waals surface area contributed by atoms with Crippen molar-refractivity contribution < 1.29 is 18.4 Å². The zero-order valence-corrected chi connectivity index (χ0v) is 18.1. The third-order valence-electron chi connectivity index (χ3n) is 6.34. The van der Waals surface area contributed by atoms with Gasteiger partial charge < -0.3 is 9.73 Å². The van der Waals surface area contributed by atoms with Crippen molar-refractivity contribution in [2.75, 3.05) is 13.1 Å². The van der Waals surface area contributed by atoms with Crippen molar-refractivity contribution in [2.24, 2.45) is 0 Å². The lowest BCUT2D eigenvalue weighted by molar-refractivity contribution is -0.124. The Kier molecular flexibility index (Phi) is 6.51. The maximum absolute atomic E-state index is 13.0. The molecule has 0 saturated carbocycles. The van der Waals surface area contributed by atoms with Crippen molar-refractivity contribution in [1.82, 2.24) is 10.2 Å². The van der Waals surface area contributed by atoms with Crippen LogP contribution in [0.25, 0.3) is 0 Å². The van der Waals surface area contributed by atoms with E-state index in [4.69, 9.17) is 4.42 Å². The lowest BCUT2D eigenvalue weighted by Crippen LogP contribution is -2.46. The average Bonchev–Trinajstić information content (AvgIpc) is 3.28. The summed E-state index contributed by atoms with van der Waals surface area (Å²) in [6.07, 6.45) is 1.52. The van der Waals surface area contributed by atoms with E-state index in [1.165, 1.54) is 12.1 Å². The Balaban J connectivity index is 1.32. The molecule has 0 atom stereocenters. The number of furan rings is 1. The third kappa shape index (κ3) is 4.81. The van der Waals surface area contributed by atoms with Gasteiger partial charge in [0.25, 0.3) is 5.91 Å². The molecule has 32 heavy (non-hydrogen) atoms. The Labute approximate surface area is 187 Å². The van der Waals surface area contributed by atoms with Crippen LogP contribution in [0.3, 0.4) is 0 Å². The lowest BCUT2D eigenvalue weighted by atomic mass is 9.70. The summed E-state index contributed by atoms with van der Waals surface area (Å²) in [5.41, 5.74) is 1.48. The van der Waals surface area contributed by atoms with Gasteiger partial charge in [0.2, 0.25) is 0 Å². The van der Waals surface area contributed by atoms with Crippen molar-refractivity contribution in [2.45, 2.75) is 38.3 Å². The van der Waals surface area contributed by atoms with Gasteiger partial charge in [-0.15, -0.1) is 0 Å². The summed E-state index contributed by atoms with van der Waals surface area (Å²) in [6.45, 7) is 4.14. The molecular weight excluding hydrogens is 407 g/mol. The summed E-state index contributed by atoms with van der Waals surface area (Å²) in [7, 11) is 0. The maximum Gasteiger partial charge on any atom is 0.287 e. The van der Waals surface area contributed by atoms with Gasteiger partial charge in [0, 0.05) is 6.54 Å². The Morgan fingerprint density at radius 1 is 1.00 bits per heavy atom. The average molecular weight is 435 g/mol. The molecule has 1 aliphatic rings. The number of hydrogen-bond donors (Lipinski definition) is 1. The Bertz CT molecular complexity index is 1070. The number of ketones is 1. The van der Waals surface area contributed by atoms with Crippen LogP contribution in [0.2, 0.25) is 0 Å². The van der Waals surface area contributed by atoms with E-state index in [9.17, 15) is 14.0 Å². The van der Waals surface area contributed by atoms with Gasteiger partial charge >= 0.3 is 0 Å². The van der Waals surface area contributed by atoms with Crippen LogP contribution in [-0.4, -0.2) is 29.7 Å². The number of Topliss-reactive ketones (excluding diaryl/α,β-unsaturated/α-hetero) is 1. The normalized spacial score (nSPS) is 15.9. The third-order valence-corrected chi connectivity index (χ3v) is 6.34. The van der Waals surface area contributed by atoms with Gasteiger partial charge in [-0.05, 0) is 68.2 Å². The summed E-state index contributed by atoms with van der Waals surface area (Å²) in [4.78, 5) is 27.2. The second-order valence-electron chi connectivity index (χ2n) is 8.36. The fraction of sp³-hybridized carbons (Fsp3) is 0.308. The topological polar surface area (TPSA) is 62.6 Å². The number of halogens is 1. The van der Waals surface area contributed by atoms with Gasteiger partial charge in [0.1, 0.15) is 17.4 Å². The first-order chi connectivity index (χ1) is 15.5. The standard InChI is InChI=1S/C26H27FN2O3/c1-19(30)26(21-5-3-2-4-6-21)13-15-29(16-14-26)18-23-11-12-24(32-23)25(31)28-17-20-7-9-22(27)10-8-20/h2-12H,13-18H2,1H3,(H,28,31). The molecular formula is C26H27FN2O3. The monoisotopic (exact) mass is 434 g/mol. The number of carbonyl (C=O) groups is 2. The van der Waals surface area contributed by atoms with Crippen LogP contribution in [0, 0.1) is 5.82 Å². The number of nitrogens with one attached hydrogen (secondary N) is 1. The number of carbonyl (C=O) groups excluding carboxylic acids is 2. The van der Waals surface area contributed by atoms with Crippen molar-refractivity contribution in [3.63, 3.8) is 0 Å². The van der Waals surface area contributed by atoms with Crippen LogP contribution >= 0.6 is 0 Å². The van der Waals surface area contributed by atoms with Crippen LogP contribution in [-0.2, 0) is 23.3 Å². The molecule has 5 nitrogen and oxygen atoms in total. The van der Waals surface area contributed by atoms with Gasteiger partial charge in [-0.3, -0.25) is 14.5 Å². The van der Waals surface area contributed by atoms with Crippen LogP contribution in [0.5, 0.6) is 0 Å². The second-order valence-corrected chi connectivity index (χ2v) is 8.36. The molecule has 0 spiro atoms. The molecule has 0 unspecified atom stereocenters. The molecule has 1 saturated heterocycles. The molecule has 0 radical (unpaired) electrons. The van der Waals surface area contributed by atoms with E-state index in [1.54, 1.807) is 25.1 Å². The van der Waals surface area contributed by atoms with E-state index in [2.05, 4.69) is 10.2 Å². The molecule has 1 aromatic heterocycles. The predicted octanol–water partition coefficient (Wildman–Crippen LogP) is 4.47. The van der Waals surface area contributed by atoms with E-state index in [0.717, 1.165) is 37.1 Å². The number of benzene rings is 2. The Morgan fingerprint density at radius 2 is 1.69 bits per heavy atom. The molecule has 3 aromatic rings. The van der Waals surface area contributed by atoms with Crippen LogP contribution in [0.1, 0.15) is 47.2 Å². The first-order valence-corrected chi connectivity index (χ1v) is 10.9. The van der Waals surface area contributed by atoms with Crippen LogP contribution in [0.15, 0.2) is 71.1 Å². The SMILES string of the molecule is CC(=O)C1(c2ccccc2)CCN(Cc2ccc(C(=O)NCc3ccc(F)cc3)o2)CC1. The second kappa shape index (κ2) is 9.49. The molecule has 6 heteroatoms. The fourth-order valence-electron chi connectivity index (χ4n) is 4.37. The quantitative estimate of drug-likeness (QED) is 0.596. The van der Waals surface area contributed by atoms with Gasteiger partial charge in [0.05, 0.1) is 12.0 Å². The minimum atomic E-state index is -0.424. The molecule has 1 amide bonds. The van der Waals surface area contributed by atoms with E-state index in [-0.39, 0.29) is 23.3 Å². The largest absolute Gasteiger partial charge is 0.455 e. The first kappa shape index (κ1) is 22.0. The van der Waals surface area contributed by atoms with Crippen molar-refractivity contribution >= 4 is 11.7 Å². The fourth-order valence-corrected chi connectivity index (χ4v) is 4.37. The molecule has 1 aliphatic heterocycles. The first-order valence-electron chi connectivity index (χ1n) is 10.9. The van der Waals surface area contributed by atoms with Gasteiger partial charge in [-0.25, -0.2) is 4.39 Å². The zero-order valence-electron chi connectivity index (χ0n) is 18.1. The van der Waals surface area contributed by atoms with Crippen molar-refractivity contribution in [3.05, 3.63) is 95.2 Å². The molecule has 1 N–H and O–H groups in total. The summed E-state index contributed by atoms with van der Waals surface area (Å²) in [5, 5.41) is 2.79. The highest BCUT2D eigenvalue weighted by Gasteiger charge is 2.40. The molecule has 4 rings (SSSR count). The Hall–Kier alpha value is -3.25. The van der Waals surface area contributed by atoms with E-state index < -0.39 is 5.41 Å². The molecule has 0 aliphatic carbocycles. The van der Waals surface area contributed by atoms with E-state index in [0.29, 0.717) is 18.8 Å². The number of hydrogen-bond acceptors (Lipinski definition) is 4. The number of nitrogens with zero attached hydrogens (tertiary/aromatic N) is 1. The van der Waals surface area contributed by atoms with Gasteiger partial charge in [0.15, 0.2) is 5.76 Å². The zero-order chi connectivity index (χ0) is 22.6. The summed E-state index contributed by atoms with van der Waals surface area (Å²) < 4.78 is 18.8. The number of likely N-dealkylation sites (tertiary alicyclic amines) is 1. The van der Waals surface area contributed by atoms with Crippen molar-refractivity contribution in [3.8, 4) is 0 Å². The maximum atomic E-state index is 13.0. The predicted molar refractivity (Wildman–Crippen MR) is 120 cm³/mol. The number of piperidine rings is 1. The molecule has 0 bridgehead atoms. The summed E-state index contributed by atoms with van der Waals surface area (Å²) in [6, 6.07) is 19.5. The Morgan fingerprint density at radius 3 is 2.34 bits per heavy atom. The molecule has 2 heterocycles. The van der Waals surface area contributed by atoms with E-state index >= 15 is 0 Å². The van der Waals surface area contributed by atoms with E-state index in [1.807, 2.05) is 36.4 Å². The minimum Gasteiger partial charge on any atom is -0.455 e. The molecule has 2 aromatic carbocycles. The number of amides is 1. The molecule has 1 fully saturated rings. The summed E-state index contributed by atoms with van der Waals surface area (Å²) >= 11 is 0. The highest BCUT2D eigenvalue weighted by Crippen LogP contribution is 2.36.